The molecule has 0 aliphatic heterocycles. The zero-order valence-corrected chi connectivity index (χ0v) is 13.9. The van der Waals surface area contributed by atoms with Gasteiger partial charge in [0.15, 0.2) is 11.6 Å². The summed E-state index contributed by atoms with van der Waals surface area (Å²) < 4.78 is 26.2. The van der Waals surface area contributed by atoms with Crippen molar-refractivity contribution in [3.8, 4) is 6.07 Å². The van der Waals surface area contributed by atoms with E-state index in [1.54, 1.807) is 0 Å². The van der Waals surface area contributed by atoms with E-state index in [2.05, 4.69) is 10.6 Å². The zero-order chi connectivity index (χ0) is 18.2. The predicted molar refractivity (Wildman–Crippen MR) is 87.4 cm³/mol. The Morgan fingerprint density at radius 1 is 1.16 bits per heavy atom. The number of carbonyl (C=O) groups is 2. The number of rotatable bonds is 6. The lowest BCUT2D eigenvalue weighted by Crippen LogP contribution is -2.43. The lowest BCUT2D eigenvalue weighted by molar-refractivity contribution is -0.126. The maximum absolute atomic E-state index is 13.2. The van der Waals surface area contributed by atoms with Gasteiger partial charge in [-0.25, -0.2) is 8.78 Å². The summed E-state index contributed by atoms with van der Waals surface area (Å²) in [6.45, 7) is 0.0128. The monoisotopic (exact) mass is 349 g/mol. The van der Waals surface area contributed by atoms with Gasteiger partial charge in [-0.15, -0.1) is 0 Å². The average Bonchev–Trinajstić information content (AvgIpc) is 2.63. The van der Waals surface area contributed by atoms with Crippen molar-refractivity contribution in [3.05, 3.63) is 35.4 Å². The Balaban J connectivity index is 2.02. The molecular weight excluding hydrogens is 328 g/mol. The maximum atomic E-state index is 13.2. The second-order valence-electron chi connectivity index (χ2n) is 6.22. The minimum atomic E-state index is -1.09. The van der Waals surface area contributed by atoms with Crippen LogP contribution in [0.5, 0.6) is 0 Å². The van der Waals surface area contributed by atoms with E-state index < -0.39 is 23.5 Å². The Morgan fingerprint density at radius 3 is 2.52 bits per heavy atom. The van der Waals surface area contributed by atoms with Crippen LogP contribution < -0.4 is 10.6 Å². The first-order valence-electron chi connectivity index (χ1n) is 8.41. The van der Waals surface area contributed by atoms with Crippen molar-refractivity contribution in [1.29, 1.82) is 5.26 Å². The molecule has 0 aromatic heterocycles. The number of hydrogen-bond donors (Lipinski definition) is 2. The first-order valence-corrected chi connectivity index (χ1v) is 8.41. The molecule has 1 aliphatic carbocycles. The summed E-state index contributed by atoms with van der Waals surface area (Å²) in [5.41, 5.74) is -0.00118. The number of hydrogen-bond acceptors (Lipinski definition) is 3. The second kappa shape index (κ2) is 9.11. The molecule has 1 aromatic carbocycles. The normalized spacial score (nSPS) is 15.9. The van der Waals surface area contributed by atoms with Crippen LogP contribution in [0.2, 0.25) is 0 Å². The molecule has 0 spiro atoms. The number of nitrogens with one attached hydrogen (secondary N) is 2. The fraction of sp³-hybridized carbons (Fsp3) is 0.500. The smallest absolute Gasteiger partial charge is 0.251 e. The van der Waals surface area contributed by atoms with Crippen molar-refractivity contribution >= 4 is 11.8 Å². The third-order valence-corrected chi connectivity index (χ3v) is 4.56. The quantitative estimate of drug-likeness (QED) is 0.774. The third kappa shape index (κ3) is 5.24. The van der Waals surface area contributed by atoms with Gasteiger partial charge in [0.1, 0.15) is 6.54 Å². The van der Waals surface area contributed by atoms with Crippen molar-refractivity contribution in [2.24, 2.45) is 11.8 Å². The molecule has 2 amide bonds. The van der Waals surface area contributed by atoms with Crippen LogP contribution in [0.25, 0.3) is 0 Å². The highest BCUT2D eigenvalue weighted by Crippen LogP contribution is 2.30. The van der Waals surface area contributed by atoms with Gasteiger partial charge in [-0.05, 0) is 37.0 Å². The van der Waals surface area contributed by atoms with Crippen LogP contribution >= 0.6 is 0 Å². The van der Waals surface area contributed by atoms with Gasteiger partial charge in [-0.3, -0.25) is 9.59 Å². The van der Waals surface area contributed by atoms with Gasteiger partial charge in [0.2, 0.25) is 5.91 Å². The molecule has 2 N–H and O–H groups in total. The van der Waals surface area contributed by atoms with Gasteiger partial charge in [-0.2, -0.15) is 5.26 Å². The molecule has 1 aliphatic rings. The number of nitrogens with zero attached hydrogens (tertiary/aromatic N) is 1. The maximum Gasteiger partial charge on any atom is 0.251 e. The molecule has 1 fully saturated rings. The summed E-state index contributed by atoms with van der Waals surface area (Å²) in [4.78, 5) is 24.5. The molecule has 0 bridgehead atoms. The molecule has 2 rings (SSSR count). The van der Waals surface area contributed by atoms with Gasteiger partial charge in [0.05, 0.1) is 12.0 Å². The molecule has 0 saturated heterocycles. The number of carbonyl (C=O) groups excluding carboxylic acids is 2. The Kier molecular flexibility index (Phi) is 6.87. The SMILES string of the molecule is N#CCNC(=O)C(CNC(=O)c1ccc(F)c(F)c1)C1CCCCC1. The van der Waals surface area contributed by atoms with Gasteiger partial charge in [0.25, 0.3) is 5.91 Å². The second-order valence-corrected chi connectivity index (χ2v) is 6.22. The van der Waals surface area contributed by atoms with Crippen LogP contribution in [0.3, 0.4) is 0 Å². The molecule has 0 radical (unpaired) electrons. The molecule has 1 saturated carbocycles. The molecule has 0 heterocycles. The van der Waals surface area contributed by atoms with E-state index in [1.165, 1.54) is 6.07 Å². The van der Waals surface area contributed by atoms with E-state index in [1.807, 2.05) is 6.07 Å². The topological polar surface area (TPSA) is 82.0 Å². The summed E-state index contributed by atoms with van der Waals surface area (Å²) >= 11 is 0. The molecule has 1 aromatic rings. The summed E-state index contributed by atoms with van der Waals surface area (Å²) in [5, 5.41) is 13.8. The van der Waals surface area contributed by atoms with Gasteiger partial charge in [-0.1, -0.05) is 19.3 Å². The van der Waals surface area contributed by atoms with Crippen LogP contribution in [0.15, 0.2) is 18.2 Å². The predicted octanol–water partition coefficient (Wildman–Crippen LogP) is 2.53. The molecule has 5 nitrogen and oxygen atoms in total. The van der Waals surface area contributed by atoms with Crippen molar-refractivity contribution in [2.45, 2.75) is 32.1 Å². The first-order chi connectivity index (χ1) is 12.0. The van der Waals surface area contributed by atoms with E-state index in [0.29, 0.717) is 0 Å². The number of amides is 2. The van der Waals surface area contributed by atoms with Crippen LogP contribution in [0, 0.1) is 34.8 Å². The lowest BCUT2D eigenvalue weighted by atomic mass is 9.79. The Labute approximate surface area is 145 Å². The van der Waals surface area contributed by atoms with Gasteiger partial charge >= 0.3 is 0 Å². The minimum Gasteiger partial charge on any atom is -0.351 e. The van der Waals surface area contributed by atoms with Gasteiger partial charge in [0, 0.05) is 12.1 Å². The first kappa shape index (κ1) is 18.8. The number of halogens is 2. The average molecular weight is 349 g/mol. The summed E-state index contributed by atoms with van der Waals surface area (Å²) in [6.07, 6.45) is 4.98. The third-order valence-electron chi connectivity index (χ3n) is 4.56. The van der Waals surface area contributed by atoms with E-state index in [-0.39, 0.29) is 30.5 Å². The van der Waals surface area contributed by atoms with Crippen LogP contribution in [0.4, 0.5) is 8.78 Å². The highest BCUT2D eigenvalue weighted by Gasteiger charge is 2.29. The van der Waals surface area contributed by atoms with Crippen molar-refractivity contribution in [1.82, 2.24) is 10.6 Å². The Hall–Kier alpha value is -2.49. The highest BCUT2D eigenvalue weighted by molar-refractivity contribution is 5.94. The molecule has 134 valence electrons. The van der Waals surface area contributed by atoms with Crippen molar-refractivity contribution < 1.29 is 18.4 Å². The number of nitriles is 1. The Morgan fingerprint density at radius 2 is 1.88 bits per heavy atom. The summed E-state index contributed by atoms with van der Waals surface area (Å²) in [7, 11) is 0. The van der Waals surface area contributed by atoms with E-state index >= 15 is 0 Å². The standard InChI is InChI=1S/C18H21F2N3O2/c19-15-7-6-13(10-16(15)20)17(24)23-11-14(18(25)22-9-8-21)12-4-2-1-3-5-12/h6-7,10,12,14H,1-5,9,11H2,(H,22,25)(H,23,24). The minimum absolute atomic E-state index is 0.00118. The van der Waals surface area contributed by atoms with Crippen molar-refractivity contribution in [3.63, 3.8) is 0 Å². The van der Waals surface area contributed by atoms with Crippen LogP contribution in [-0.2, 0) is 4.79 Å². The van der Waals surface area contributed by atoms with Crippen molar-refractivity contribution in [2.75, 3.05) is 13.1 Å². The molecule has 1 atom stereocenters. The van der Waals surface area contributed by atoms with Gasteiger partial charge < -0.3 is 10.6 Å². The largest absolute Gasteiger partial charge is 0.351 e. The van der Waals surface area contributed by atoms with E-state index in [9.17, 15) is 18.4 Å². The van der Waals surface area contributed by atoms with Crippen LogP contribution in [-0.4, -0.2) is 24.9 Å². The molecule has 25 heavy (non-hydrogen) atoms. The summed E-state index contributed by atoms with van der Waals surface area (Å²) in [5.74, 6) is -3.25. The zero-order valence-electron chi connectivity index (χ0n) is 13.9. The fourth-order valence-corrected chi connectivity index (χ4v) is 3.21. The number of benzene rings is 1. The summed E-state index contributed by atoms with van der Waals surface area (Å²) in [6, 6.07) is 4.78. The van der Waals surface area contributed by atoms with E-state index in [4.69, 9.17) is 5.26 Å². The van der Waals surface area contributed by atoms with E-state index in [0.717, 1.165) is 44.2 Å². The Bertz CT molecular complexity index is 667. The lowest BCUT2D eigenvalue weighted by Gasteiger charge is -2.29. The highest BCUT2D eigenvalue weighted by atomic mass is 19.2. The molecule has 1 unspecified atom stereocenters. The molecule has 7 heteroatoms. The fourth-order valence-electron chi connectivity index (χ4n) is 3.21. The molecular formula is C18H21F2N3O2. The van der Waals surface area contributed by atoms with Crippen LogP contribution in [0.1, 0.15) is 42.5 Å².